The molecule has 1 aliphatic rings. The molecule has 2 amide bonds. The Hall–Kier alpha value is -3.68. The van der Waals surface area contributed by atoms with Gasteiger partial charge in [0.05, 0.1) is 5.69 Å². The summed E-state index contributed by atoms with van der Waals surface area (Å²) < 4.78 is 0. The van der Waals surface area contributed by atoms with Crippen LogP contribution in [0.1, 0.15) is 17.3 Å². The number of carbonyl (C=O) groups is 2. The molecule has 2 radical (unpaired) electrons. The molecule has 2 heterocycles. The third-order valence-corrected chi connectivity index (χ3v) is 5.26. The van der Waals surface area contributed by atoms with Gasteiger partial charge in [-0.15, -0.1) is 0 Å². The number of aromatic nitrogens is 2. The molecule has 0 unspecified atom stereocenters. The van der Waals surface area contributed by atoms with Gasteiger partial charge in [0.2, 0.25) is 11.9 Å². The summed E-state index contributed by atoms with van der Waals surface area (Å²) in [4.78, 5) is 36.6. The van der Waals surface area contributed by atoms with Crippen LogP contribution in [-0.4, -0.2) is 65.6 Å². The summed E-state index contributed by atoms with van der Waals surface area (Å²) in [5.74, 6) is 0.482. The summed E-state index contributed by atoms with van der Waals surface area (Å²) in [5, 5.41) is 3.17. The van der Waals surface area contributed by atoms with E-state index in [2.05, 4.69) is 15.3 Å². The Kier molecular flexibility index (Phi) is 5.97. The number of nitrogens with zero attached hydrogens (tertiary/aromatic N) is 4. The molecular weight excluding hydrogens is 389 g/mol. The number of anilines is 2. The SMILES string of the molecule is [B]c1ccc(-c2ccnc(Nc3ccc(C(=O)N4CCN(C(C)=O)CC4)cc3)n2)cc1. The van der Waals surface area contributed by atoms with Gasteiger partial charge < -0.3 is 15.1 Å². The van der Waals surface area contributed by atoms with E-state index in [1.807, 2.05) is 42.5 Å². The zero-order valence-electron chi connectivity index (χ0n) is 17.3. The zero-order chi connectivity index (χ0) is 21.8. The number of nitrogens with one attached hydrogen (secondary N) is 1. The van der Waals surface area contributed by atoms with Crippen molar-refractivity contribution in [3.63, 3.8) is 0 Å². The first kappa shape index (κ1) is 20.6. The minimum atomic E-state index is -0.0312. The van der Waals surface area contributed by atoms with Crippen LogP contribution >= 0.6 is 0 Å². The first-order chi connectivity index (χ1) is 15.0. The molecule has 1 saturated heterocycles. The summed E-state index contributed by atoms with van der Waals surface area (Å²) in [7, 11) is 5.75. The van der Waals surface area contributed by atoms with Crippen LogP contribution in [0.4, 0.5) is 11.6 Å². The standard InChI is InChI=1S/C23H22BN5O2/c1-16(30)28-12-14-29(15-13-28)22(31)18-4-8-20(9-5-18)26-23-25-11-10-21(27-23)17-2-6-19(24)7-3-17/h2-11H,12-15H2,1H3,(H,25,26,27). The number of piperazine rings is 1. The van der Waals surface area contributed by atoms with Crippen molar-refractivity contribution in [2.45, 2.75) is 6.92 Å². The Balaban J connectivity index is 1.41. The van der Waals surface area contributed by atoms with Crippen molar-refractivity contribution in [2.24, 2.45) is 0 Å². The Bertz CT molecular complexity index is 1080. The quantitative estimate of drug-likeness (QED) is 0.665. The Labute approximate surface area is 182 Å². The van der Waals surface area contributed by atoms with Gasteiger partial charge in [-0.1, -0.05) is 29.7 Å². The summed E-state index contributed by atoms with van der Waals surface area (Å²) in [6.07, 6.45) is 1.69. The molecular formula is C23H22BN5O2. The van der Waals surface area contributed by atoms with E-state index in [0.29, 0.717) is 43.2 Å². The third kappa shape index (κ3) is 4.91. The second-order valence-corrected chi connectivity index (χ2v) is 7.39. The van der Waals surface area contributed by atoms with E-state index in [4.69, 9.17) is 7.85 Å². The van der Waals surface area contributed by atoms with Crippen LogP contribution in [0.15, 0.2) is 60.8 Å². The zero-order valence-corrected chi connectivity index (χ0v) is 17.3. The second-order valence-electron chi connectivity index (χ2n) is 7.39. The van der Waals surface area contributed by atoms with Crippen LogP contribution in [0, 0.1) is 0 Å². The lowest BCUT2D eigenvalue weighted by Crippen LogP contribution is -2.50. The lowest BCUT2D eigenvalue weighted by molar-refractivity contribution is -0.130. The molecule has 0 saturated carbocycles. The van der Waals surface area contributed by atoms with Crippen LogP contribution in [0.2, 0.25) is 0 Å². The fraction of sp³-hybridized carbons (Fsp3) is 0.217. The molecule has 0 spiro atoms. The maximum atomic E-state index is 12.7. The van der Waals surface area contributed by atoms with Crippen molar-refractivity contribution in [3.05, 3.63) is 66.4 Å². The Morgan fingerprint density at radius 1 is 0.903 bits per heavy atom. The van der Waals surface area contributed by atoms with Crippen molar-refractivity contribution in [1.29, 1.82) is 0 Å². The van der Waals surface area contributed by atoms with Gasteiger partial charge in [-0.2, -0.15) is 0 Å². The number of hydrogen-bond acceptors (Lipinski definition) is 5. The molecule has 1 aliphatic heterocycles. The fourth-order valence-corrected chi connectivity index (χ4v) is 3.47. The maximum absolute atomic E-state index is 12.7. The number of benzene rings is 2. The highest BCUT2D eigenvalue weighted by atomic mass is 16.2. The van der Waals surface area contributed by atoms with E-state index in [1.54, 1.807) is 35.1 Å². The van der Waals surface area contributed by atoms with Crippen LogP contribution in [0.25, 0.3) is 11.3 Å². The van der Waals surface area contributed by atoms with Gasteiger partial charge >= 0.3 is 0 Å². The third-order valence-electron chi connectivity index (χ3n) is 5.26. The fourth-order valence-electron chi connectivity index (χ4n) is 3.47. The normalized spacial score (nSPS) is 13.7. The smallest absolute Gasteiger partial charge is 0.253 e. The monoisotopic (exact) mass is 411 g/mol. The minimum absolute atomic E-state index is 0.0312. The van der Waals surface area contributed by atoms with Gasteiger partial charge in [0.25, 0.3) is 5.91 Å². The van der Waals surface area contributed by atoms with E-state index < -0.39 is 0 Å². The van der Waals surface area contributed by atoms with Gasteiger partial charge in [-0.3, -0.25) is 9.59 Å². The van der Waals surface area contributed by atoms with Crippen molar-refractivity contribution in [2.75, 3.05) is 31.5 Å². The molecule has 0 atom stereocenters. The van der Waals surface area contributed by atoms with Crippen LogP contribution in [0.5, 0.6) is 0 Å². The van der Waals surface area contributed by atoms with Gasteiger partial charge in [-0.05, 0) is 30.3 Å². The molecule has 1 aromatic heterocycles. The lowest BCUT2D eigenvalue weighted by atomic mass is 9.95. The average molecular weight is 411 g/mol. The molecule has 8 heteroatoms. The van der Waals surface area contributed by atoms with Gasteiger partial charge in [0, 0.05) is 56.1 Å². The van der Waals surface area contributed by atoms with E-state index in [0.717, 1.165) is 16.9 Å². The Morgan fingerprint density at radius 3 is 2.19 bits per heavy atom. The van der Waals surface area contributed by atoms with E-state index >= 15 is 0 Å². The molecule has 1 fully saturated rings. The summed E-state index contributed by atoms with van der Waals surface area (Å²) >= 11 is 0. The summed E-state index contributed by atoms with van der Waals surface area (Å²) in [5.41, 5.74) is 3.83. The maximum Gasteiger partial charge on any atom is 0.253 e. The van der Waals surface area contributed by atoms with Crippen molar-refractivity contribution < 1.29 is 9.59 Å². The highest BCUT2D eigenvalue weighted by Gasteiger charge is 2.23. The molecule has 0 aliphatic carbocycles. The molecule has 3 aromatic rings. The number of rotatable bonds is 4. The molecule has 0 bridgehead atoms. The van der Waals surface area contributed by atoms with Crippen molar-refractivity contribution in [3.8, 4) is 11.3 Å². The predicted molar refractivity (Wildman–Crippen MR) is 121 cm³/mol. The second kappa shape index (κ2) is 8.99. The van der Waals surface area contributed by atoms with Crippen molar-refractivity contribution >= 4 is 36.8 Å². The Morgan fingerprint density at radius 2 is 1.55 bits per heavy atom. The molecule has 4 rings (SSSR count). The van der Waals surface area contributed by atoms with E-state index in [-0.39, 0.29) is 11.8 Å². The molecule has 154 valence electrons. The highest BCUT2D eigenvalue weighted by molar-refractivity contribution is 6.32. The highest BCUT2D eigenvalue weighted by Crippen LogP contribution is 2.20. The van der Waals surface area contributed by atoms with Gasteiger partial charge in [0.1, 0.15) is 7.85 Å². The van der Waals surface area contributed by atoms with Gasteiger partial charge in [-0.25, -0.2) is 9.97 Å². The number of hydrogen-bond donors (Lipinski definition) is 1. The average Bonchev–Trinajstić information content (AvgIpc) is 2.80. The van der Waals surface area contributed by atoms with Gasteiger partial charge in [0.15, 0.2) is 0 Å². The first-order valence-electron chi connectivity index (χ1n) is 10.1. The minimum Gasteiger partial charge on any atom is -0.339 e. The summed E-state index contributed by atoms with van der Waals surface area (Å²) in [6, 6.07) is 16.6. The van der Waals surface area contributed by atoms with Crippen molar-refractivity contribution in [1.82, 2.24) is 19.8 Å². The lowest BCUT2D eigenvalue weighted by Gasteiger charge is -2.34. The molecule has 31 heavy (non-hydrogen) atoms. The van der Waals surface area contributed by atoms with Crippen LogP contribution < -0.4 is 10.8 Å². The van der Waals surface area contributed by atoms with E-state index in [9.17, 15) is 9.59 Å². The van der Waals surface area contributed by atoms with E-state index in [1.165, 1.54) is 0 Å². The van der Waals surface area contributed by atoms with Crippen LogP contribution in [0.3, 0.4) is 0 Å². The first-order valence-corrected chi connectivity index (χ1v) is 10.1. The van der Waals surface area contributed by atoms with Crippen LogP contribution in [-0.2, 0) is 4.79 Å². The largest absolute Gasteiger partial charge is 0.339 e. The number of amides is 2. The number of carbonyl (C=O) groups excluding carboxylic acids is 2. The molecule has 1 N–H and O–H groups in total. The summed E-state index contributed by atoms with van der Waals surface area (Å²) in [6.45, 7) is 3.79. The molecule has 2 aromatic carbocycles. The predicted octanol–water partition coefficient (Wildman–Crippen LogP) is 1.99. The topological polar surface area (TPSA) is 78.4 Å². The molecule has 7 nitrogen and oxygen atoms in total.